The summed E-state index contributed by atoms with van der Waals surface area (Å²) in [6.45, 7) is -2.67. The summed E-state index contributed by atoms with van der Waals surface area (Å²) < 4.78 is 28.1. The van der Waals surface area contributed by atoms with E-state index in [0.717, 1.165) is 0 Å². The minimum atomic E-state index is -2.51. The molecular formula is C26H39N3O15. The number of hydrogen-bond acceptors (Lipinski definition) is 18. The highest BCUT2D eigenvalue weighted by molar-refractivity contribution is 6.03. The van der Waals surface area contributed by atoms with Crippen LogP contribution in [0, 0.1) is 0 Å². The number of carbonyl (C=O) groups excluding carboxylic acids is 2. The highest BCUT2D eigenvalue weighted by Gasteiger charge is 2.59. The predicted molar refractivity (Wildman–Crippen MR) is 142 cm³/mol. The highest BCUT2D eigenvalue weighted by atomic mass is 16.7. The van der Waals surface area contributed by atoms with Crippen molar-refractivity contribution in [2.75, 3.05) is 19.8 Å². The van der Waals surface area contributed by atoms with Gasteiger partial charge in [0.05, 0.1) is 37.9 Å². The van der Waals surface area contributed by atoms with Gasteiger partial charge in [0.2, 0.25) is 0 Å². The van der Waals surface area contributed by atoms with E-state index in [2.05, 4.69) is 0 Å². The molecule has 0 aromatic heterocycles. The number of aldehydes is 1. The van der Waals surface area contributed by atoms with Crippen LogP contribution in [-0.2, 0) is 23.7 Å². The molecule has 3 aliphatic heterocycles. The lowest BCUT2D eigenvalue weighted by Gasteiger charge is -2.50. The third-order valence-corrected chi connectivity index (χ3v) is 8.17. The molecule has 1 aromatic rings. The molecule has 2 unspecified atom stereocenters. The summed E-state index contributed by atoms with van der Waals surface area (Å²) in [5.74, 6) is -0.983. The van der Waals surface area contributed by atoms with Crippen molar-refractivity contribution >= 4 is 12.1 Å². The van der Waals surface area contributed by atoms with Crippen molar-refractivity contribution in [2.24, 2.45) is 17.2 Å². The number of carbonyl (C=O) groups is 2. The Bertz CT molecular complexity index is 1130. The zero-order valence-electron chi connectivity index (χ0n) is 23.3. The van der Waals surface area contributed by atoms with Gasteiger partial charge < -0.3 is 81.7 Å². The molecule has 0 bridgehead atoms. The number of benzene rings is 1. The summed E-state index contributed by atoms with van der Waals surface area (Å²) in [4.78, 5) is 24.5. The van der Waals surface area contributed by atoms with Crippen LogP contribution in [0.2, 0.25) is 0 Å². The van der Waals surface area contributed by atoms with Crippen molar-refractivity contribution in [3.8, 4) is 0 Å². The summed E-state index contributed by atoms with van der Waals surface area (Å²) in [5.41, 5.74) is 15.6. The van der Waals surface area contributed by atoms with E-state index in [1.807, 2.05) is 0 Å². The number of aliphatic hydroxyl groups is 8. The van der Waals surface area contributed by atoms with E-state index in [1.165, 1.54) is 24.3 Å². The minimum absolute atomic E-state index is 0.0938. The van der Waals surface area contributed by atoms with Gasteiger partial charge in [-0.25, -0.2) is 0 Å². The highest BCUT2D eigenvalue weighted by Crippen LogP contribution is 2.36. The standard InChI is InChI=1S/C26H39N3O15/c27-13-16(34)19(11(6-31)40-23(13)39)42-24-14(28)17(35)20(12(7-32)41-24)43-25-15(29)18(36)22(38)26(8-33,44-25)21(37)10-3-1-9(5-30)2-4-10/h1-5,11-20,22-25,31-36,38-39H,6-8,27-29H2/t11-,12-,13-,14-,15-,16-,17-,18-,19?,20?,22+,23-,24+,25+,26+/m1/s1. The Hall–Kier alpha value is -2.08. The van der Waals surface area contributed by atoms with Gasteiger partial charge in [0.15, 0.2) is 30.3 Å². The number of rotatable bonds is 10. The fourth-order valence-electron chi connectivity index (χ4n) is 5.43. The molecule has 4 rings (SSSR count). The van der Waals surface area contributed by atoms with Crippen molar-refractivity contribution < 1.29 is 74.1 Å². The van der Waals surface area contributed by atoms with Gasteiger partial charge in [0, 0.05) is 11.1 Å². The van der Waals surface area contributed by atoms with Gasteiger partial charge in [-0.1, -0.05) is 24.3 Å². The van der Waals surface area contributed by atoms with Crippen LogP contribution in [0.15, 0.2) is 24.3 Å². The van der Waals surface area contributed by atoms with Gasteiger partial charge in [-0.15, -0.1) is 0 Å². The average molecular weight is 634 g/mol. The lowest BCUT2D eigenvalue weighted by molar-refractivity contribution is -0.354. The van der Waals surface area contributed by atoms with Gasteiger partial charge in [-0.3, -0.25) is 9.59 Å². The topological polar surface area (TPSA) is 320 Å². The van der Waals surface area contributed by atoms with Crippen LogP contribution in [0.4, 0.5) is 0 Å². The van der Waals surface area contributed by atoms with Crippen molar-refractivity contribution in [1.29, 1.82) is 0 Å². The Balaban J connectivity index is 1.55. The van der Waals surface area contributed by atoms with Gasteiger partial charge >= 0.3 is 0 Å². The molecule has 3 aliphatic rings. The quantitative estimate of drug-likeness (QED) is 0.0842. The molecule has 14 N–H and O–H groups in total. The largest absolute Gasteiger partial charge is 0.394 e. The van der Waals surface area contributed by atoms with E-state index in [9.17, 15) is 50.4 Å². The third-order valence-electron chi connectivity index (χ3n) is 8.17. The minimum Gasteiger partial charge on any atom is -0.394 e. The number of aliphatic hydroxyl groups excluding tert-OH is 8. The summed E-state index contributed by atoms with van der Waals surface area (Å²) in [6.07, 6.45) is -17.3. The number of nitrogens with two attached hydrogens (primary N) is 3. The maximum atomic E-state index is 13.5. The zero-order valence-corrected chi connectivity index (χ0v) is 23.3. The zero-order chi connectivity index (χ0) is 32.5. The SMILES string of the molecule is N[C@H]1[C@@H](OC2[C@@H](CO)O[C@@H](OC3[C@@H](CO)O[C@@H](O)[C@H](N)[C@H]3O)[C@H](N)[C@H]2O)O[C@@](CO)(C(=O)c2ccc(C=O)cc2)[C@@H](O)[C@@H]1O. The van der Waals surface area contributed by atoms with Crippen LogP contribution >= 0.6 is 0 Å². The Morgan fingerprint density at radius 2 is 1.32 bits per heavy atom. The van der Waals surface area contributed by atoms with Crippen molar-refractivity contribution in [1.82, 2.24) is 0 Å². The first-order chi connectivity index (χ1) is 20.8. The predicted octanol–water partition coefficient (Wildman–Crippen LogP) is -6.61. The smallest absolute Gasteiger partial charge is 0.199 e. The Morgan fingerprint density at radius 1 is 0.795 bits per heavy atom. The van der Waals surface area contributed by atoms with Gasteiger partial charge in [-0.05, 0) is 0 Å². The van der Waals surface area contributed by atoms with Crippen molar-refractivity contribution in [2.45, 2.75) is 91.4 Å². The molecule has 3 saturated heterocycles. The lowest BCUT2D eigenvalue weighted by atomic mass is 9.80. The van der Waals surface area contributed by atoms with E-state index in [4.69, 9.17) is 40.9 Å². The Labute approximate surface area is 250 Å². The molecule has 0 spiro atoms. The van der Waals surface area contributed by atoms with E-state index >= 15 is 0 Å². The van der Waals surface area contributed by atoms with E-state index in [0.29, 0.717) is 6.29 Å². The van der Waals surface area contributed by atoms with Crippen LogP contribution in [0.5, 0.6) is 0 Å². The maximum Gasteiger partial charge on any atom is 0.199 e. The fourth-order valence-corrected chi connectivity index (χ4v) is 5.43. The average Bonchev–Trinajstić information content (AvgIpc) is 3.04. The van der Waals surface area contributed by atoms with Crippen LogP contribution in [0.25, 0.3) is 0 Å². The van der Waals surface area contributed by atoms with E-state index in [-0.39, 0.29) is 11.1 Å². The normalized spacial score (nSPS) is 44.7. The summed E-state index contributed by atoms with van der Waals surface area (Å²) >= 11 is 0. The third kappa shape index (κ3) is 6.31. The Morgan fingerprint density at radius 3 is 1.86 bits per heavy atom. The first-order valence-corrected chi connectivity index (χ1v) is 13.7. The molecule has 0 amide bonds. The number of Topliss-reactive ketones (excluding diaryl/α,β-unsaturated/α-hetero) is 1. The molecule has 44 heavy (non-hydrogen) atoms. The molecule has 3 fully saturated rings. The molecular weight excluding hydrogens is 594 g/mol. The van der Waals surface area contributed by atoms with Crippen LogP contribution in [0.1, 0.15) is 20.7 Å². The number of ketones is 1. The number of hydrogen-bond donors (Lipinski definition) is 11. The second-order valence-electron chi connectivity index (χ2n) is 10.9. The Kier molecular flexibility index (Phi) is 11.2. The summed E-state index contributed by atoms with van der Waals surface area (Å²) in [7, 11) is 0. The van der Waals surface area contributed by atoms with Crippen LogP contribution in [-0.4, -0.2) is 164 Å². The molecule has 15 atom stereocenters. The monoisotopic (exact) mass is 633 g/mol. The summed E-state index contributed by atoms with van der Waals surface area (Å²) in [5, 5.41) is 83.0. The molecule has 1 aromatic carbocycles. The molecule has 248 valence electrons. The van der Waals surface area contributed by atoms with E-state index < -0.39 is 117 Å². The van der Waals surface area contributed by atoms with Crippen molar-refractivity contribution in [3.63, 3.8) is 0 Å². The first kappa shape index (κ1) is 34.8. The molecule has 0 saturated carbocycles. The molecule has 18 nitrogen and oxygen atoms in total. The fraction of sp³-hybridized carbons (Fsp3) is 0.692. The van der Waals surface area contributed by atoms with Crippen LogP contribution < -0.4 is 17.2 Å². The molecule has 0 aliphatic carbocycles. The van der Waals surface area contributed by atoms with Crippen LogP contribution in [0.3, 0.4) is 0 Å². The van der Waals surface area contributed by atoms with Gasteiger partial charge in [-0.2, -0.15) is 0 Å². The summed E-state index contributed by atoms with van der Waals surface area (Å²) in [6, 6.07) is 0.775. The second-order valence-corrected chi connectivity index (χ2v) is 10.9. The lowest BCUT2D eigenvalue weighted by Crippen LogP contribution is -2.73. The van der Waals surface area contributed by atoms with E-state index in [1.54, 1.807) is 0 Å². The number of ether oxygens (including phenoxy) is 5. The van der Waals surface area contributed by atoms with Crippen molar-refractivity contribution in [3.05, 3.63) is 35.4 Å². The van der Waals surface area contributed by atoms with Gasteiger partial charge in [0.25, 0.3) is 0 Å². The van der Waals surface area contributed by atoms with Gasteiger partial charge in [0.1, 0.15) is 55.1 Å². The first-order valence-electron chi connectivity index (χ1n) is 13.7. The molecule has 0 radical (unpaired) electrons. The molecule has 18 heteroatoms. The molecule has 3 heterocycles. The maximum absolute atomic E-state index is 13.5. The second kappa shape index (κ2) is 14.1.